The van der Waals surface area contributed by atoms with Gasteiger partial charge in [-0.25, -0.2) is 4.98 Å². The van der Waals surface area contributed by atoms with Gasteiger partial charge >= 0.3 is 6.61 Å². The highest BCUT2D eigenvalue weighted by molar-refractivity contribution is 7.14. The molecule has 0 aliphatic rings. The number of halogens is 2. The summed E-state index contributed by atoms with van der Waals surface area (Å²) in [5.74, 6) is 0.138. The maximum atomic E-state index is 12.2. The molecule has 0 atom stereocenters. The Morgan fingerprint density at radius 1 is 1.32 bits per heavy atom. The number of nitrogens with zero attached hydrogens (tertiary/aromatic N) is 1. The molecule has 1 heterocycles. The van der Waals surface area contributed by atoms with E-state index in [1.54, 1.807) is 12.1 Å². The van der Waals surface area contributed by atoms with Gasteiger partial charge in [-0.3, -0.25) is 0 Å². The lowest BCUT2D eigenvalue weighted by molar-refractivity contribution is -0.0498. The van der Waals surface area contributed by atoms with Crippen LogP contribution in [-0.4, -0.2) is 17.6 Å². The van der Waals surface area contributed by atoms with Gasteiger partial charge in [0.05, 0.1) is 5.69 Å². The largest absolute Gasteiger partial charge is 0.435 e. The van der Waals surface area contributed by atoms with Crippen molar-refractivity contribution in [3.05, 3.63) is 29.6 Å². The van der Waals surface area contributed by atoms with E-state index in [0.717, 1.165) is 16.4 Å². The summed E-state index contributed by atoms with van der Waals surface area (Å²) < 4.78 is 28.7. The average molecular weight is 284 g/mol. The maximum Gasteiger partial charge on any atom is 0.387 e. The number of aromatic nitrogens is 1. The Bertz CT molecular complexity index is 543. The zero-order valence-corrected chi connectivity index (χ0v) is 11.4. The van der Waals surface area contributed by atoms with Gasteiger partial charge < -0.3 is 10.1 Å². The monoisotopic (exact) mass is 284 g/mol. The Morgan fingerprint density at radius 2 is 2.11 bits per heavy atom. The first kappa shape index (κ1) is 13.7. The highest BCUT2D eigenvalue weighted by Crippen LogP contribution is 2.28. The van der Waals surface area contributed by atoms with E-state index in [9.17, 15) is 8.78 Å². The fourth-order valence-electron chi connectivity index (χ4n) is 1.55. The van der Waals surface area contributed by atoms with Crippen molar-refractivity contribution in [2.24, 2.45) is 0 Å². The van der Waals surface area contributed by atoms with Crippen molar-refractivity contribution in [3.63, 3.8) is 0 Å². The number of anilines is 1. The number of ether oxygens (including phenoxy) is 1. The van der Waals surface area contributed by atoms with Crippen molar-refractivity contribution < 1.29 is 13.5 Å². The van der Waals surface area contributed by atoms with E-state index in [4.69, 9.17) is 0 Å². The summed E-state index contributed by atoms with van der Waals surface area (Å²) in [6.45, 7) is 1.24. The SMILES string of the molecule is CC(C)Nc1nc(-c2cccc(OC(F)F)c2)cs1. The molecule has 3 nitrogen and oxygen atoms in total. The molecule has 102 valence electrons. The second kappa shape index (κ2) is 5.97. The second-order valence-electron chi connectivity index (χ2n) is 4.24. The molecule has 0 spiro atoms. The third kappa shape index (κ3) is 3.89. The van der Waals surface area contributed by atoms with Crippen LogP contribution in [-0.2, 0) is 0 Å². The van der Waals surface area contributed by atoms with Crippen LogP contribution in [0.25, 0.3) is 11.3 Å². The summed E-state index contributed by atoms with van der Waals surface area (Å²) in [6, 6.07) is 6.83. The summed E-state index contributed by atoms with van der Waals surface area (Å²) in [7, 11) is 0. The molecule has 1 aromatic carbocycles. The number of hydrogen-bond acceptors (Lipinski definition) is 4. The Labute approximate surface area is 114 Å². The van der Waals surface area contributed by atoms with E-state index in [-0.39, 0.29) is 5.75 Å². The van der Waals surface area contributed by atoms with Crippen LogP contribution >= 0.6 is 11.3 Å². The van der Waals surface area contributed by atoms with E-state index in [1.165, 1.54) is 17.4 Å². The number of thiazole rings is 1. The molecule has 0 fully saturated rings. The van der Waals surface area contributed by atoms with Crippen molar-refractivity contribution in [1.29, 1.82) is 0 Å². The molecule has 0 unspecified atom stereocenters. The van der Waals surface area contributed by atoms with E-state index in [2.05, 4.69) is 15.0 Å². The number of hydrogen-bond donors (Lipinski definition) is 1. The molecular formula is C13H14F2N2OS. The molecule has 2 aromatic rings. The molecule has 2 rings (SSSR count). The van der Waals surface area contributed by atoms with Gasteiger partial charge in [0.15, 0.2) is 5.13 Å². The first-order valence-electron chi connectivity index (χ1n) is 5.82. The molecular weight excluding hydrogens is 270 g/mol. The summed E-state index contributed by atoms with van der Waals surface area (Å²) in [4.78, 5) is 4.41. The first-order chi connectivity index (χ1) is 9.04. The minimum atomic E-state index is -2.82. The molecule has 0 amide bonds. The Kier molecular flexibility index (Phi) is 4.31. The van der Waals surface area contributed by atoms with E-state index < -0.39 is 6.61 Å². The van der Waals surface area contributed by atoms with Crippen LogP contribution in [0.4, 0.5) is 13.9 Å². The van der Waals surface area contributed by atoms with Gasteiger partial charge in [-0.05, 0) is 26.0 Å². The minimum absolute atomic E-state index is 0.138. The summed E-state index contributed by atoms with van der Waals surface area (Å²) in [6.07, 6.45) is 0. The topological polar surface area (TPSA) is 34.2 Å². The van der Waals surface area contributed by atoms with E-state index >= 15 is 0 Å². The Balaban J connectivity index is 2.19. The van der Waals surface area contributed by atoms with Gasteiger partial charge in [0.2, 0.25) is 0 Å². The lowest BCUT2D eigenvalue weighted by Gasteiger charge is -2.06. The van der Waals surface area contributed by atoms with E-state index in [1.807, 2.05) is 25.3 Å². The average Bonchev–Trinajstić information content (AvgIpc) is 2.76. The van der Waals surface area contributed by atoms with Crippen molar-refractivity contribution in [2.75, 3.05) is 5.32 Å². The first-order valence-corrected chi connectivity index (χ1v) is 6.70. The smallest absolute Gasteiger partial charge is 0.387 e. The Morgan fingerprint density at radius 3 is 2.79 bits per heavy atom. The van der Waals surface area contributed by atoms with Crippen LogP contribution in [0, 0.1) is 0 Å². The molecule has 1 aromatic heterocycles. The van der Waals surface area contributed by atoms with Gasteiger partial charge in [0, 0.05) is 17.0 Å². The highest BCUT2D eigenvalue weighted by atomic mass is 32.1. The van der Waals surface area contributed by atoms with Gasteiger partial charge in [-0.1, -0.05) is 12.1 Å². The summed E-state index contributed by atoms with van der Waals surface area (Å²) in [5.41, 5.74) is 1.50. The molecule has 0 bridgehead atoms. The zero-order chi connectivity index (χ0) is 13.8. The quantitative estimate of drug-likeness (QED) is 0.892. The summed E-state index contributed by atoms with van der Waals surface area (Å²) >= 11 is 1.48. The van der Waals surface area contributed by atoms with Gasteiger partial charge in [-0.2, -0.15) is 8.78 Å². The molecule has 19 heavy (non-hydrogen) atoms. The lowest BCUT2D eigenvalue weighted by Crippen LogP contribution is -2.08. The molecule has 0 saturated carbocycles. The maximum absolute atomic E-state index is 12.2. The van der Waals surface area contributed by atoms with Crippen molar-refractivity contribution in [3.8, 4) is 17.0 Å². The fraction of sp³-hybridized carbons (Fsp3) is 0.308. The molecule has 0 aliphatic heterocycles. The molecule has 0 radical (unpaired) electrons. The molecule has 0 aliphatic carbocycles. The summed E-state index contributed by atoms with van der Waals surface area (Å²) in [5, 5.41) is 5.89. The second-order valence-corrected chi connectivity index (χ2v) is 5.10. The molecule has 6 heteroatoms. The number of alkyl halides is 2. The fourth-order valence-corrected chi connectivity index (χ4v) is 2.42. The van der Waals surface area contributed by atoms with Gasteiger partial charge in [0.1, 0.15) is 5.75 Å². The highest BCUT2D eigenvalue weighted by Gasteiger charge is 2.08. The number of nitrogens with one attached hydrogen (secondary N) is 1. The van der Waals surface area contributed by atoms with Crippen LogP contribution < -0.4 is 10.1 Å². The predicted octanol–water partition coefficient (Wildman–Crippen LogP) is 4.23. The predicted molar refractivity (Wildman–Crippen MR) is 72.9 cm³/mol. The van der Waals surface area contributed by atoms with Gasteiger partial charge in [-0.15, -0.1) is 11.3 Å². The molecule has 0 saturated heterocycles. The van der Waals surface area contributed by atoms with Crippen LogP contribution in [0.2, 0.25) is 0 Å². The Hall–Kier alpha value is -1.69. The standard InChI is InChI=1S/C13H14F2N2OS/c1-8(2)16-13-17-11(7-19-13)9-4-3-5-10(6-9)18-12(14)15/h3-8,12H,1-2H3,(H,16,17). The minimum Gasteiger partial charge on any atom is -0.435 e. The normalized spacial score (nSPS) is 11.1. The molecule has 1 N–H and O–H groups in total. The van der Waals surface area contributed by atoms with Gasteiger partial charge in [0.25, 0.3) is 0 Å². The third-order valence-electron chi connectivity index (χ3n) is 2.27. The van der Waals surface area contributed by atoms with Crippen LogP contribution in [0.5, 0.6) is 5.75 Å². The lowest BCUT2D eigenvalue weighted by atomic mass is 10.2. The van der Waals surface area contributed by atoms with Crippen LogP contribution in [0.3, 0.4) is 0 Å². The van der Waals surface area contributed by atoms with Crippen LogP contribution in [0.1, 0.15) is 13.8 Å². The number of rotatable bonds is 5. The van der Waals surface area contributed by atoms with Crippen molar-refractivity contribution in [2.45, 2.75) is 26.5 Å². The zero-order valence-electron chi connectivity index (χ0n) is 10.6. The van der Waals surface area contributed by atoms with E-state index in [0.29, 0.717) is 6.04 Å². The third-order valence-corrected chi connectivity index (χ3v) is 3.04. The van der Waals surface area contributed by atoms with Crippen LogP contribution in [0.15, 0.2) is 29.6 Å². The number of benzene rings is 1. The van der Waals surface area contributed by atoms with Crippen molar-refractivity contribution in [1.82, 2.24) is 4.98 Å². The van der Waals surface area contributed by atoms with Crippen molar-refractivity contribution >= 4 is 16.5 Å².